The van der Waals surface area contributed by atoms with Crippen LogP contribution in [0.5, 0.6) is 11.6 Å². The standard InChI is InChI=1S/C36H41FN6O7S/c1-21-29(49-2)16-15-27-30(21)39-31(22-9-11-24(37)12-10-22)40-33(27)50-25-18-28-32(44)41-36(34(45)42-51(47,48)26-13-14-26)19-23(36)8-6-4-3-5-7-17-38-35(46)43(28)20-25/h6,8-12,15-16,23,25-26,28H,3-5,7,13-14,17-20H2,1-2H3,(H,38,46)(H,41,44)(H,42,45). The van der Waals surface area contributed by atoms with Crippen molar-refractivity contribution >= 4 is 38.8 Å². The highest BCUT2D eigenvalue weighted by Gasteiger charge is 2.62. The second kappa shape index (κ2) is 13.7. The molecule has 13 nitrogen and oxygen atoms in total. The number of hydrogen-bond donors (Lipinski definition) is 3. The monoisotopic (exact) mass is 720 g/mol. The molecule has 3 heterocycles. The Balaban J connectivity index is 1.20. The molecule has 3 aromatic rings. The lowest BCUT2D eigenvalue weighted by Gasteiger charge is -2.26. The number of amides is 4. The van der Waals surface area contributed by atoms with Crippen molar-refractivity contribution in [3.8, 4) is 23.0 Å². The maximum absolute atomic E-state index is 14.1. The van der Waals surface area contributed by atoms with Crippen LogP contribution < -0.4 is 24.8 Å². The van der Waals surface area contributed by atoms with Gasteiger partial charge in [0, 0.05) is 30.0 Å². The Hall–Kier alpha value is -4.79. The Morgan fingerprint density at radius 1 is 1.08 bits per heavy atom. The van der Waals surface area contributed by atoms with E-state index in [-0.39, 0.29) is 25.3 Å². The van der Waals surface area contributed by atoms with Gasteiger partial charge in [-0.1, -0.05) is 18.6 Å². The van der Waals surface area contributed by atoms with Gasteiger partial charge in [0.1, 0.15) is 29.3 Å². The average Bonchev–Trinajstić information content (AvgIpc) is 4.03. The van der Waals surface area contributed by atoms with E-state index >= 15 is 0 Å². The molecule has 2 aliphatic heterocycles. The molecule has 4 atom stereocenters. The first-order chi connectivity index (χ1) is 24.5. The first-order valence-electron chi connectivity index (χ1n) is 17.4. The summed E-state index contributed by atoms with van der Waals surface area (Å²) in [7, 11) is -2.30. The molecule has 0 spiro atoms. The van der Waals surface area contributed by atoms with Crippen LogP contribution in [-0.2, 0) is 19.6 Å². The van der Waals surface area contributed by atoms with Crippen LogP contribution in [0.2, 0.25) is 0 Å². The minimum absolute atomic E-state index is 0.0367. The summed E-state index contributed by atoms with van der Waals surface area (Å²) in [6.45, 7) is 2.32. The minimum atomic E-state index is -3.86. The number of sulfonamides is 1. The number of allylic oxidation sites excluding steroid dienone is 1. The summed E-state index contributed by atoms with van der Waals surface area (Å²) in [6.07, 6.45) is 7.69. The van der Waals surface area contributed by atoms with Crippen LogP contribution in [0.25, 0.3) is 22.3 Å². The van der Waals surface area contributed by atoms with Crippen molar-refractivity contribution in [2.75, 3.05) is 20.2 Å². The topological polar surface area (TPSA) is 169 Å². The third-order valence-corrected chi connectivity index (χ3v) is 11.9. The number of rotatable bonds is 7. The summed E-state index contributed by atoms with van der Waals surface area (Å²) < 4.78 is 53.5. The molecule has 3 fully saturated rings. The molecule has 270 valence electrons. The van der Waals surface area contributed by atoms with Gasteiger partial charge in [-0.2, -0.15) is 4.98 Å². The Bertz CT molecular complexity index is 2000. The van der Waals surface area contributed by atoms with Crippen LogP contribution >= 0.6 is 0 Å². The van der Waals surface area contributed by atoms with Gasteiger partial charge in [0.05, 0.1) is 29.8 Å². The highest BCUT2D eigenvalue weighted by Crippen LogP contribution is 2.46. The number of methoxy groups -OCH3 is 1. The number of hydrogen-bond acceptors (Lipinski definition) is 9. The lowest BCUT2D eigenvalue weighted by molar-refractivity contribution is -0.131. The van der Waals surface area contributed by atoms with Crippen LogP contribution in [0, 0.1) is 18.7 Å². The van der Waals surface area contributed by atoms with E-state index in [4.69, 9.17) is 19.4 Å². The van der Waals surface area contributed by atoms with Crippen molar-refractivity contribution in [3.63, 3.8) is 0 Å². The van der Waals surface area contributed by atoms with Gasteiger partial charge in [0.15, 0.2) is 5.82 Å². The van der Waals surface area contributed by atoms with Crippen LogP contribution in [0.4, 0.5) is 9.18 Å². The zero-order valence-corrected chi connectivity index (χ0v) is 29.3. The number of aryl methyl sites for hydroxylation is 1. The average molecular weight is 721 g/mol. The molecule has 2 aromatic carbocycles. The lowest BCUT2D eigenvalue weighted by Crippen LogP contribution is -2.57. The van der Waals surface area contributed by atoms with Crippen molar-refractivity contribution in [2.45, 2.75) is 81.2 Å². The second-order valence-corrected chi connectivity index (χ2v) is 15.7. The highest BCUT2D eigenvalue weighted by molar-refractivity contribution is 7.91. The quantitative estimate of drug-likeness (QED) is 0.307. The zero-order valence-electron chi connectivity index (χ0n) is 28.5. The van der Waals surface area contributed by atoms with Gasteiger partial charge in [-0.15, -0.1) is 0 Å². The molecule has 2 saturated carbocycles. The minimum Gasteiger partial charge on any atom is -0.496 e. The van der Waals surface area contributed by atoms with Gasteiger partial charge in [-0.05, 0) is 81.8 Å². The normalized spacial score (nSPS) is 25.5. The van der Waals surface area contributed by atoms with E-state index in [0.717, 1.165) is 31.2 Å². The van der Waals surface area contributed by atoms with Crippen LogP contribution in [0.1, 0.15) is 56.9 Å². The number of urea groups is 1. The van der Waals surface area contributed by atoms with E-state index in [1.807, 2.05) is 19.1 Å². The number of nitrogens with one attached hydrogen (secondary N) is 3. The Labute approximate surface area is 295 Å². The molecule has 1 aromatic heterocycles. The summed E-state index contributed by atoms with van der Waals surface area (Å²) >= 11 is 0. The van der Waals surface area contributed by atoms with Crippen molar-refractivity contribution in [3.05, 3.63) is 59.9 Å². The fourth-order valence-corrected chi connectivity index (χ4v) is 8.29. The Morgan fingerprint density at radius 3 is 2.61 bits per heavy atom. The van der Waals surface area contributed by atoms with Gasteiger partial charge in [-0.25, -0.2) is 22.6 Å². The molecule has 0 radical (unpaired) electrons. The van der Waals surface area contributed by atoms with Crippen molar-refractivity contribution < 1.29 is 36.7 Å². The van der Waals surface area contributed by atoms with Gasteiger partial charge >= 0.3 is 6.03 Å². The third-order valence-electron chi connectivity index (χ3n) is 10.1. The number of aromatic nitrogens is 2. The molecular formula is C36H41FN6O7S. The number of fused-ring (bicyclic) bond motifs is 3. The van der Waals surface area contributed by atoms with Gasteiger partial charge in [-0.3, -0.25) is 14.3 Å². The predicted molar refractivity (Wildman–Crippen MR) is 186 cm³/mol. The van der Waals surface area contributed by atoms with Crippen molar-refractivity contribution in [1.29, 1.82) is 0 Å². The van der Waals surface area contributed by atoms with E-state index in [1.54, 1.807) is 31.4 Å². The predicted octanol–water partition coefficient (Wildman–Crippen LogP) is 3.90. The van der Waals surface area contributed by atoms with Crippen LogP contribution in [0.3, 0.4) is 0 Å². The molecule has 4 amide bonds. The van der Waals surface area contributed by atoms with E-state index in [9.17, 15) is 27.2 Å². The first kappa shape index (κ1) is 34.6. The summed E-state index contributed by atoms with van der Waals surface area (Å²) in [6, 6.07) is 7.85. The molecule has 1 saturated heterocycles. The number of halogens is 1. The summed E-state index contributed by atoms with van der Waals surface area (Å²) in [4.78, 5) is 52.1. The first-order valence-corrected chi connectivity index (χ1v) is 18.9. The largest absolute Gasteiger partial charge is 0.496 e. The zero-order chi connectivity index (χ0) is 35.9. The molecule has 4 unspecified atom stereocenters. The number of carbonyl (C=O) groups is 3. The van der Waals surface area contributed by atoms with Gasteiger partial charge in [0.2, 0.25) is 21.8 Å². The SMILES string of the molecule is COc1ccc2c(OC3CC4C(=O)NC5(C(=O)NS(=O)(=O)C6CC6)CC5C=CCCCCCNC(=O)N4C3)nc(-c3ccc(F)cc3)nc2c1C. The molecule has 51 heavy (non-hydrogen) atoms. The fraction of sp³-hybridized carbons (Fsp3) is 0.472. The fourth-order valence-electron chi connectivity index (χ4n) is 6.93. The number of benzene rings is 2. The van der Waals surface area contributed by atoms with Gasteiger partial charge in [0.25, 0.3) is 5.91 Å². The van der Waals surface area contributed by atoms with E-state index in [1.165, 1.54) is 17.0 Å². The molecular weight excluding hydrogens is 679 g/mol. The highest BCUT2D eigenvalue weighted by atomic mass is 32.2. The maximum atomic E-state index is 14.1. The van der Waals surface area contributed by atoms with E-state index in [2.05, 4.69) is 15.4 Å². The smallest absolute Gasteiger partial charge is 0.318 e. The van der Waals surface area contributed by atoms with Crippen molar-refractivity contribution in [1.82, 2.24) is 30.2 Å². The Kier molecular flexibility index (Phi) is 9.33. The van der Waals surface area contributed by atoms with Crippen LogP contribution in [-0.4, -0.2) is 84.3 Å². The van der Waals surface area contributed by atoms with Crippen molar-refractivity contribution in [2.24, 2.45) is 5.92 Å². The number of nitrogens with zero attached hydrogens (tertiary/aromatic N) is 3. The van der Waals surface area contributed by atoms with Gasteiger partial charge < -0.3 is 25.0 Å². The summed E-state index contributed by atoms with van der Waals surface area (Å²) in [5, 5.41) is 5.76. The lowest BCUT2D eigenvalue weighted by atomic mass is 10.1. The molecule has 0 bridgehead atoms. The molecule has 2 aliphatic carbocycles. The maximum Gasteiger partial charge on any atom is 0.318 e. The third kappa shape index (κ3) is 7.08. The molecule has 4 aliphatic rings. The summed E-state index contributed by atoms with van der Waals surface area (Å²) in [5.74, 6) is -1.04. The van der Waals surface area contributed by atoms with E-state index in [0.29, 0.717) is 47.4 Å². The second-order valence-electron chi connectivity index (χ2n) is 13.7. The molecule has 3 N–H and O–H groups in total. The number of carbonyl (C=O) groups excluding carboxylic acids is 3. The van der Waals surface area contributed by atoms with E-state index < -0.39 is 62.5 Å². The number of ether oxygens (including phenoxy) is 2. The summed E-state index contributed by atoms with van der Waals surface area (Å²) in [5.41, 5.74) is 0.400. The molecule has 15 heteroatoms. The molecule has 7 rings (SSSR count). The Morgan fingerprint density at radius 2 is 1.86 bits per heavy atom. The van der Waals surface area contributed by atoms with Crippen LogP contribution in [0.15, 0.2) is 48.6 Å².